The summed E-state index contributed by atoms with van der Waals surface area (Å²) < 4.78 is 6.31. The van der Waals surface area contributed by atoms with Crippen LogP contribution >= 0.6 is 15.9 Å². The number of furan rings is 1. The maximum absolute atomic E-state index is 8.99. The zero-order valence-electron chi connectivity index (χ0n) is 14.1. The molecule has 0 bridgehead atoms. The fraction of sp³-hybridized carbons (Fsp3) is 0.556. The molecule has 0 amide bonds. The minimum absolute atomic E-state index is 0.311. The Morgan fingerprint density at radius 1 is 1.28 bits per heavy atom. The molecule has 0 aromatic carbocycles. The molecule has 1 saturated carbocycles. The van der Waals surface area contributed by atoms with Crippen LogP contribution in [0.5, 0.6) is 0 Å². The number of nitriles is 1. The van der Waals surface area contributed by atoms with Crippen LogP contribution < -0.4 is 10.6 Å². The van der Waals surface area contributed by atoms with Crippen LogP contribution in [0.1, 0.15) is 31.4 Å². The molecule has 2 aliphatic rings. The zero-order valence-corrected chi connectivity index (χ0v) is 15.7. The molecule has 7 heteroatoms. The van der Waals surface area contributed by atoms with Crippen molar-refractivity contribution in [1.82, 2.24) is 15.2 Å². The van der Waals surface area contributed by atoms with Crippen LogP contribution in [0.15, 0.2) is 21.2 Å². The average Bonchev–Trinajstić information content (AvgIpc) is 3.10. The Bertz CT molecular complexity index is 785. The molecule has 1 saturated heterocycles. The largest absolute Gasteiger partial charge is 0.444 e. The maximum Gasteiger partial charge on any atom is 0.204 e. The lowest BCUT2D eigenvalue weighted by Crippen LogP contribution is -2.50. The molecule has 0 unspecified atom stereocenters. The van der Waals surface area contributed by atoms with Gasteiger partial charge in [0.05, 0.1) is 10.7 Å². The number of anilines is 1. The van der Waals surface area contributed by atoms with Gasteiger partial charge in [-0.3, -0.25) is 4.90 Å². The van der Waals surface area contributed by atoms with Gasteiger partial charge in [0.1, 0.15) is 11.9 Å². The summed E-state index contributed by atoms with van der Waals surface area (Å²) in [6.45, 7) is 4.58. The summed E-state index contributed by atoms with van der Waals surface area (Å²) >= 11 is 3.62. The van der Waals surface area contributed by atoms with Crippen molar-refractivity contribution in [3.8, 4) is 6.07 Å². The lowest BCUT2D eigenvalue weighted by atomic mass is 9.90. The number of fused-ring (bicyclic) bond motifs is 1. The second kappa shape index (κ2) is 7.32. The van der Waals surface area contributed by atoms with E-state index >= 15 is 0 Å². The molecule has 25 heavy (non-hydrogen) atoms. The van der Waals surface area contributed by atoms with Gasteiger partial charge in [-0.2, -0.15) is 5.26 Å². The van der Waals surface area contributed by atoms with Gasteiger partial charge in [-0.05, 0) is 41.6 Å². The minimum Gasteiger partial charge on any atom is -0.444 e. The van der Waals surface area contributed by atoms with Crippen LogP contribution in [0.3, 0.4) is 0 Å². The normalized spacial score (nSPS) is 25.0. The fourth-order valence-corrected chi connectivity index (χ4v) is 4.49. The third-order valence-corrected chi connectivity index (χ3v) is 6.13. The van der Waals surface area contributed by atoms with Crippen LogP contribution in [-0.4, -0.2) is 48.1 Å². The number of piperazine rings is 1. The third kappa shape index (κ3) is 3.52. The number of hydrogen-bond acceptors (Lipinski definition) is 6. The van der Waals surface area contributed by atoms with Crippen molar-refractivity contribution in [2.75, 3.05) is 31.5 Å². The van der Waals surface area contributed by atoms with Crippen LogP contribution in [0.25, 0.3) is 11.0 Å². The monoisotopic (exact) mass is 403 g/mol. The van der Waals surface area contributed by atoms with Crippen molar-refractivity contribution in [2.45, 2.75) is 37.8 Å². The summed E-state index contributed by atoms with van der Waals surface area (Å²) in [5.74, 6) is 1.15. The van der Waals surface area contributed by atoms with E-state index in [2.05, 4.69) is 36.4 Å². The molecule has 2 aromatic rings. The predicted molar refractivity (Wildman–Crippen MR) is 101 cm³/mol. The molecule has 1 aliphatic heterocycles. The Hall–Kier alpha value is -1.62. The summed E-state index contributed by atoms with van der Waals surface area (Å²) in [5, 5.41) is 16.9. The Balaban J connectivity index is 1.40. The first-order valence-electron chi connectivity index (χ1n) is 8.94. The first-order valence-corrected chi connectivity index (χ1v) is 9.73. The van der Waals surface area contributed by atoms with E-state index < -0.39 is 0 Å². The van der Waals surface area contributed by atoms with Crippen molar-refractivity contribution < 1.29 is 4.42 Å². The van der Waals surface area contributed by atoms with Crippen LogP contribution in [-0.2, 0) is 0 Å². The standard InChI is InChI=1S/C18H22BrN5O/c19-17-15-9-14(10-20)25-16(15)11-22-18(17)23-12-1-3-13(4-2-12)24-7-5-21-6-8-24/h9,11-13,21H,1-8H2,(H,22,23). The molecule has 1 aliphatic carbocycles. The first kappa shape index (κ1) is 16.8. The SMILES string of the molecule is N#Cc1cc2c(Br)c(NC3CCC(N4CCNCC4)CC3)ncc2o1. The Morgan fingerprint density at radius 2 is 2.04 bits per heavy atom. The molecule has 6 nitrogen and oxygen atoms in total. The Kier molecular flexibility index (Phi) is 4.93. The van der Waals surface area contributed by atoms with Crippen molar-refractivity contribution in [2.24, 2.45) is 0 Å². The quantitative estimate of drug-likeness (QED) is 0.819. The topological polar surface area (TPSA) is 77.1 Å². The molecule has 0 radical (unpaired) electrons. The number of nitrogens with zero attached hydrogens (tertiary/aromatic N) is 3. The van der Waals surface area contributed by atoms with Crippen molar-refractivity contribution in [3.05, 3.63) is 22.5 Å². The van der Waals surface area contributed by atoms with E-state index in [1.807, 2.05) is 6.07 Å². The first-order chi connectivity index (χ1) is 12.2. The van der Waals surface area contributed by atoms with Gasteiger partial charge in [-0.1, -0.05) is 0 Å². The van der Waals surface area contributed by atoms with Crippen LogP contribution in [0.2, 0.25) is 0 Å². The predicted octanol–water partition coefficient (Wildman–Crippen LogP) is 3.09. The van der Waals surface area contributed by atoms with E-state index in [1.165, 1.54) is 25.9 Å². The van der Waals surface area contributed by atoms with E-state index in [9.17, 15) is 0 Å². The minimum atomic E-state index is 0.311. The van der Waals surface area contributed by atoms with E-state index in [-0.39, 0.29) is 0 Å². The van der Waals surface area contributed by atoms with Gasteiger partial charge in [0.25, 0.3) is 0 Å². The number of rotatable bonds is 3. The van der Waals surface area contributed by atoms with Gasteiger partial charge < -0.3 is 15.1 Å². The van der Waals surface area contributed by atoms with Crippen molar-refractivity contribution >= 4 is 32.7 Å². The Labute approximate surface area is 155 Å². The number of aromatic nitrogens is 1. The highest BCUT2D eigenvalue weighted by Gasteiger charge is 2.27. The molecule has 132 valence electrons. The Morgan fingerprint density at radius 3 is 2.76 bits per heavy atom. The summed E-state index contributed by atoms with van der Waals surface area (Å²) in [6.07, 6.45) is 6.49. The molecular formula is C18H22BrN5O. The number of hydrogen-bond donors (Lipinski definition) is 2. The van der Waals surface area contributed by atoms with Gasteiger partial charge in [0.15, 0.2) is 5.58 Å². The van der Waals surface area contributed by atoms with Gasteiger partial charge in [0, 0.05) is 49.7 Å². The number of pyridine rings is 1. The molecule has 3 heterocycles. The molecule has 4 rings (SSSR count). The third-order valence-electron chi connectivity index (χ3n) is 5.33. The smallest absolute Gasteiger partial charge is 0.204 e. The molecule has 2 N–H and O–H groups in total. The second-order valence-electron chi connectivity index (χ2n) is 6.86. The van der Waals surface area contributed by atoms with Crippen molar-refractivity contribution in [1.29, 1.82) is 5.26 Å². The molecule has 0 spiro atoms. The van der Waals surface area contributed by atoms with Gasteiger partial charge in [0.2, 0.25) is 5.76 Å². The zero-order chi connectivity index (χ0) is 17.2. The highest BCUT2D eigenvalue weighted by Crippen LogP contribution is 2.33. The van der Waals surface area contributed by atoms with E-state index in [4.69, 9.17) is 9.68 Å². The molecular weight excluding hydrogens is 382 g/mol. The highest BCUT2D eigenvalue weighted by molar-refractivity contribution is 9.10. The van der Waals surface area contributed by atoms with Gasteiger partial charge in [-0.25, -0.2) is 4.98 Å². The van der Waals surface area contributed by atoms with E-state index in [1.54, 1.807) is 12.3 Å². The summed E-state index contributed by atoms with van der Waals surface area (Å²) in [6, 6.07) is 4.97. The summed E-state index contributed by atoms with van der Waals surface area (Å²) in [4.78, 5) is 7.12. The van der Waals surface area contributed by atoms with E-state index in [0.717, 1.165) is 47.6 Å². The summed E-state index contributed by atoms with van der Waals surface area (Å²) in [7, 11) is 0. The average molecular weight is 404 g/mol. The van der Waals surface area contributed by atoms with Crippen molar-refractivity contribution in [3.63, 3.8) is 0 Å². The lowest BCUT2D eigenvalue weighted by Gasteiger charge is -2.39. The molecule has 2 aromatic heterocycles. The lowest BCUT2D eigenvalue weighted by molar-refractivity contribution is 0.135. The van der Waals surface area contributed by atoms with Gasteiger partial charge >= 0.3 is 0 Å². The van der Waals surface area contributed by atoms with Crippen LogP contribution in [0, 0.1) is 11.3 Å². The van der Waals surface area contributed by atoms with Crippen LogP contribution in [0.4, 0.5) is 5.82 Å². The fourth-order valence-electron chi connectivity index (χ4n) is 3.96. The second-order valence-corrected chi connectivity index (χ2v) is 7.65. The van der Waals surface area contributed by atoms with E-state index in [0.29, 0.717) is 17.4 Å². The summed E-state index contributed by atoms with van der Waals surface area (Å²) in [5.41, 5.74) is 0.636. The highest BCUT2D eigenvalue weighted by atomic mass is 79.9. The maximum atomic E-state index is 8.99. The number of halogens is 1. The van der Waals surface area contributed by atoms with Gasteiger partial charge in [-0.15, -0.1) is 0 Å². The molecule has 2 fully saturated rings. The molecule has 0 atom stereocenters. The number of nitrogens with one attached hydrogen (secondary N) is 2.